The van der Waals surface area contributed by atoms with Gasteiger partial charge in [-0.05, 0) is 31.0 Å². The number of ether oxygens (including phenoxy) is 1. The van der Waals surface area contributed by atoms with E-state index in [4.69, 9.17) is 16.2 Å². The van der Waals surface area contributed by atoms with Gasteiger partial charge in [0, 0.05) is 0 Å². The van der Waals surface area contributed by atoms with Gasteiger partial charge in [-0.15, -0.1) is 0 Å². The minimum absolute atomic E-state index is 0.0232. The summed E-state index contributed by atoms with van der Waals surface area (Å²) in [7, 11) is -3.44. The van der Waals surface area contributed by atoms with Crippen LogP contribution in [0, 0.1) is 0 Å². The molecule has 136 valence electrons. The zero-order valence-electron chi connectivity index (χ0n) is 14.2. The van der Waals surface area contributed by atoms with Gasteiger partial charge < -0.3 is 21.2 Å². The van der Waals surface area contributed by atoms with Crippen LogP contribution >= 0.6 is 0 Å². The second-order valence-electron chi connectivity index (χ2n) is 5.54. The molecule has 0 saturated heterocycles. The number of hydrogen-bond donors (Lipinski definition) is 3. The van der Waals surface area contributed by atoms with E-state index in [1.807, 2.05) is 6.92 Å². The number of hydrogen-bond acceptors (Lipinski definition) is 7. The maximum Gasteiger partial charge on any atom is 0.276 e. The fourth-order valence-corrected chi connectivity index (χ4v) is 3.59. The Morgan fingerprint density at radius 1 is 1.20 bits per heavy atom. The van der Waals surface area contributed by atoms with Crippen molar-refractivity contribution in [2.45, 2.75) is 31.6 Å². The lowest BCUT2D eigenvalue weighted by Crippen LogP contribution is -2.17. The van der Waals surface area contributed by atoms with Crippen molar-refractivity contribution in [1.82, 2.24) is 9.97 Å². The molecule has 0 fully saturated rings. The normalized spacial score (nSPS) is 11.4. The predicted molar refractivity (Wildman–Crippen MR) is 97.2 cm³/mol. The molecule has 2 rings (SSSR count). The van der Waals surface area contributed by atoms with Crippen LogP contribution in [0.15, 0.2) is 27.9 Å². The van der Waals surface area contributed by atoms with Gasteiger partial charge in [0.2, 0.25) is 0 Å². The zero-order chi connectivity index (χ0) is 18.6. The third-order valence-electron chi connectivity index (χ3n) is 3.48. The van der Waals surface area contributed by atoms with E-state index < -0.39 is 15.4 Å². The molecule has 0 aliphatic heterocycles. The van der Waals surface area contributed by atoms with Gasteiger partial charge in [-0.1, -0.05) is 13.8 Å². The topological polar surface area (TPSA) is 141 Å². The number of aromatic amines is 1. The summed E-state index contributed by atoms with van der Waals surface area (Å²) in [5.74, 6) is 0.415. The summed E-state index contributed by atoms with van der Waals surface area (Å²) in [5, 5.41) is 0. The molecular formula is C16H22N4O4S. The highest BCUT2D eigenvalue weighted by molar-refractivity contribution is 7.91. The van der Waals surface area contributed by atoms with Gasteiger partial charge in [-0.3, -0.25) is 4.79 Å². The van der Waals surface area contributed by atoms with Gasteiger partial charge in [0.1, 0.15) is 17.3 Å². The third kappa shape index (κ3) is 4.11. The molecule has 0 saturated carbocycles. The van der Waals surface area contributed by atoms with Crippen LogP contribution in [0.3, 0.4) is 0 Å². The highest BCUT2D eigenvalue weighted by Gasteiger charge is 2.19. The lowest BCUT2D eigenvalue weighted by molar-refractivity contribution is 0.318. The average molecular weight is 366 g/mol. The highest BCUT2D eigenvalue weighted by atomic mass is 32.2. The highest BCUT2D eigenvalue weighted by Crippen LogP contribution is 2.31. The van der Waals surface area contributed by atoms with Crippen LogP contribution < -0.4 is 21.8 Å². The van der Waals surface area contributed by atoms with Crippen LogP contribution in [-0.4, -0.2) is 30.7 Å². The lowest BCUT2D eigenvalue weighted by Gasteiger charge is -2.13. The van der Waals surface area contributed by atoms with E-state index >= 15 is 0 Å². The molecule has 0 bridgehead atoms. The van der Waals surface area contributed by atoms with Crippen LogP contribution in [0.1, 0.15) is 26.7 Å². The van der Waals surface area contributed by atoms with Gasteiger partial charge in [0.05, 0.1) is 22.8 Å². The van der Waals surface area contributed by atoms with E-state index in [-0.39, 0.29) is 28.0 Å². The van der Waals surface area contributed by atoms with Crippen LogP contribution in [0.25, 0.3) is 11.4 Å². The quantitative estimate of drug-likeness (QED) is 0.675. The summed E-state index contributed by atoms with van der Waals surface area (Å²) >= 11 is 0. The Morgan fingerprint density at radius 2 is 1.92 bits per heavy atom. The molecule has 1 aromatic carbocycles. The summed E-state index contributed by atoms with van der Waals surface area (Å²) < 4.78 is 30.4. The average Bonchev–Trinajstić information content (AvgIpc) is 2.57. The number of anilines is 2. The fraction of sp³-hybridized carbons (Fsp3) is 0.375. The van der Waals surface area contributed by atoms with E-state index in [1.54, 1.807) is 13.0 Å². The number of nitrogen functional groups attached to an aromatic ring is 2. The molecule has 0 radical (unpaired) electrons. The second kappa shape index (κ2) is 7.56. The standard InChI is InChI=1S/C16H22N4O4S/c1-3-7-24-12-6-5-10(25(22,23)8-4-2)9-11(12)15-19-14(18)13(17)16(21)20-15/h5-6,9H,3-4,7-8,17H2,1-2H3,(H3,18,19,20,21). The van der Waals surface area contributed by atoms with Crippen molar-refractivity contribution in [3.05, 3.63) is 28.6 Å². The summed E-state index contributed by atoms with van der Waals surface area (Å²) in [6, 6.07) is 4.47. The van der Waals surface area contributed by atoms with E-state index in [1.165, 1.54) is 12.1 Å². The summed E-state index contributed by atoms with van der Waals surface area (Å²) in [6.45, 7) is 4.17. The van der Waals surface area contributed by atoms with Gasteiger partial charge in [0.25, 0.3) is 5.56 Å². The molecule has 0 amide bonds. The SMILES string of the molecule is CCCOc1ccc(S(=O)(=O)CCC)cc1-c1nc(N)c(N)c(=O)[nH]1. The molecule has 0 spiro atoms. The van der Waals surface area contributed by atoms with Crippen LogP contribution in [0.4, 0.5) is 11.5 Å². The van der Waals surface area contributed by atoms with Crippen molar-refractivity contribution in [3.8, 4) is 17.1 Å². The molecule has 1 heterocycles. The first-order valence-corrected chi connectivity index (χ1v) is 9.60. The minimum Gasteiger partial charge on any atom is -0.493 e. The van der Waals surface area contributed by atoms with E-state index in [0.29, 0.717) is 24.3 Å². The molecule has 2 aromatic rings. The number of aromatic nitrogens is 2. The Hall–Kier alpha value is -2.55. The van der Waals surface area contributed by atoms with E-state index in [9.17, 15) is 13.2 Å². The second-order valence-corrected chi connectivity index (χ2v) is 7.65. The Labute approximate surface area is 146 Å². The number of nitrogens with two attached hydrogens (primary N) is 2. The van der Waals surface area contributed by atoms with Crippen molar-refractivity contribution in [2.24, 2.45) is 0 Å². The van der Waals surface area contributed by atoms with Gasteiger partial charge in [-0.2, -0.15) is 0 Å². The largest absolute Gasteiger partial charge is 0.493 e. The van der Waals surface area contributed by atoms with E-state index in [0.717, 1.165) is 6.42 Å². The van der Waals surface area contributed by atoms with Crippen molar-refractivity contribution < 1.29 is 13.2 Å². The van der Waals surface area contributed by atoms with Gasteiger partial charge in [-0.25, -0.2) is 13.4 Å². The first kappa shape index (κ1) is 18.8. The smallest absolute Gasteiger partial charge is 0.276 e. The maximum absolute atomic E-state index is 12.4. The van der Waals surface area contributed by atoms with Gasteiger partial charge >= 0.3 is 0 Å². The van der Waals surface area contributed by atoms with Crippen LogP contribution in [-0.2, 0) is 9.84 Å². The summed E-state index contributed by atoms with van der Waals surface area (Å²) in [6.07, 6.45) is 1.26. The molecular weight excluding hydrogens is 344 g/mol. The number of rotatable bonds is 7. The number of nitrogens with zero attached hydrogens (tertiary/aromatic N) is 1. The van der Waals surface area contributed by atoms with Gasteiger partial charge in [0.15, 0.2) is 15.7 Å². The fourth-order valence-electron chi connectivity index (χ4n) is 2.24. The molecule has 9 heteroatoms. The summed E-state index contributed by atoms with van der Waals surface area (Å²) in [5.41, 5.74) is 10.8. The van der Waals surface area contributed by atoms with Crippen molar-refractivity contribution in [3.63, 3.8) is 0 Å². The van der Waals surface area contributed by atoms with Crippen LogP contribution in [0.2, 0.25) is 0 Å². The Morgan fingerprint density at radius 3 is 2.52 bits per heavy atom. The predicted octanol–water partition coefficient (Wildman–Crippen LogP) is 1.57. The van der Waals surface area contributed by atoms with E-state index in [2.05, 4.69) is 9.97 Å². The minimum atomic E-state index is -3.44. The molecule has 25 heavy (non-hydrogen) atoms. The molecule has 8 nitrogen and oxygen atoms in total. The molecule has 0 atom stereocenters. The molecule has 1 aromatic heterocycles. The zero-order valence-corrected chi connectivity index (χ0v) is 15.0. The third-order valence-corrected chi connectivity index (χ3v) is 5.40. The number of H-pyrrole nitrogens is 1. The first-order valence-electron chi connectivity index (χ1n) is 7.95. The van der Waals surface area contributed by atoms with Crippen molar-refractivity contribution in [2.75, 3.05) is 23.8 Å². The molecule has 5 N–H and O–H groups in total. The monoisotopic (exact) mass is 366 g/mol. The van der Waals surface area contributed by atoms with Crippen molar-refractivity contribution >= 4 is 21.3 Å². The molecule has 0 aliphatic rings. The Bertz CT molecular complexity index is 922. The first-order chi connectivity index (χ1) is 11.8. The number of benzene rings is 1. The molecule has 0 unspecified atom stereocenters. The Kier molecular flexibility index (Phi) is 5.68. The number of sulfone groups is 1. The van der Waals surface area contributed by atoms with Crippen LogP contribution in [0.5, 0.6) is 5.75 Å². The Balaban J connectivity index is 2.65. The van der Waals surface area contributed by atoms with Crippen molar-refractivity contribution in [1.29, 1.82) is 0 Å². The summed E-state index contributed by atoms with van der Waals surface area (Å²) in [4.78, 5) is 18.6. The maximum atomic E-state index is 12.4. The number of nitrogens with one attached hydrogen (secondary N) is 1. The molecule has 0 aliphatic carbocycles. The lowest BCUT2D eigenvalue weighted by atomic mass is 10.2.